The lowest BCUT2D eigenvalue weighted by Gasteiger charge is -2.11. The van der Waals surface area contributed by atoms with Crippen molar-refractivity contribution in [3.63, 3.8) is 0 Å². The smallest absolute Gasteiger partial charge is 0.439 e. The first-order chi connectivity index (χ1) is 17.8. The number of anilines is 4. The average molecular weight is 513 g/mol. The summed E-state index contributed by atoms with van der Waals surface area (Å²) in [4.78, 5) is 20.3. The third kappa shape index (κ3) is 7.82. The topological polar surface area (TPSA) is 97.4 Å². The summed E-state index contributed by atoms with van der Waals surface area (Å²) in [5.74, 6) is 0.646. The Labute approximate surface area is 208 Å². The molecule has 4 aromatic rings. The number of halogens is 4. The standard InChI is InChI=1S/C25H19F4N5O3/c26-14-16-2-1-3-19(12-16)34-24(35)33-18-4-8-20(9-5-18)36-23-13-22(30-15-31-23)32-17-6-10-21(11-7-17)37-25(27,28)29/h1-13,15H,14H2,(H,30,31,32)(H2,33,34,35). The molecule has 0 radical (unpaired) electrons. The normalized spacial score (nSPS) is 10.9. The number of amides is 2. The number of benzene rings is 3. The first-order valence-corrected chi connectivity index (χ1v) is 10.7. The zero-order valence-corrected chi connectivity index (χ0v) is 18.9. The SMILES string of the molecule is O=C(Nc1ccc(Oc2cc(Nc3ccc(OC(F)(F)F)cc3)ncn2)cc1)Nc1cccc(CF)c1. The number of carbonyl (C=O) groups excluding carboxylic acids is 1. The van der Waals surface area contributed by atoms with E-state index in [1.54, 1.807) is 48.5 Å². The zero-order valence-electron chi connectivity index (χ0n) is 18.9. The third-order valence-electron chi connectivity index (χ3n) is 4.68. The molecule has 37 heavy (non-hydrogen) atoms. The van der Waals surface area contributed by atoms with Crippen LogP contribution in [0.3, 0.4) is 0 Å². The Hall–Kier alpha value is -4.87. The van der Waals surface area contributed by atoms with Crippen molar-refractivity contribution in [1.29, 1.82) is 0 Å². The number of nitrogens with zero attached hydrogens (tertiary/aromatic N) is 2. The number of ether oxygens (including phenoxy) is 2. The maximum atomic E-state index is 12.8. The molecule has 3 N–H and O–H groups in total. The van der Waals surface area contributed by atoms with Gasteiger partial charge < -0.3 is 25.4 Å². The quantitative estimate of drug-likeness (QED) is 0.219. The molecule has 1 aromatic heterocycles. The number of carbonyl (C=O) groups is 1. The van der Waals surface area contributed by atoms with Gasteiger partial charge in [-0.25, -0.2) is 19.2 Å². The summed E-state index contributed by atoms with van der Waals surface area (Å²) in [5, 5.41) is 8.23. The Kier molecular flexibility index (Phi) is 7.67. The minimum atomic E-state index is -4.77. The van der Waals surface area contributed by atoms with Gasteiger partial charge in [0, 0.05) is 23.1 Å². The molecule has 190 valence electrons. The van der Waals surface area contributed by atoms with Crippen molar-refractivity contribution in [2.45, 2.75) is 13.0 Å². The van der Waals surface area contributed by atoms with E-state index in [0.29, 0.717) is 34.2 Å². The number of rotatable bonds is 8. The lowest BCUT2D eigenvalue weighted by Crippen LogP contribution is -2.19. The minimum absolute atomic E-state index is 0.209. The maximum Gasteiger partial charge on any atom is 0.573 e. The fourth-order valence-electron chi connectivity index (χ4n) is 3.10. The predicted molar refractivity (Wildman–Crippen MR) is 129 cm³/mol. The molecule has 0 saturated heterocycles. The first-order valence-electron chi connectivity index (χ1n) is 10.7. The van der Waals surface area contributed by atoms with Gasteiger partial charge in [0.15, 0.2) is 0 Å². The zero-order chi connectivity index (χ0) is 26.3. The van der Waals surface area contributed by atoms with Crippen molar-refractivity contribution in [3.8, 4) is 17.4 Å². The Bertz CT molecular complexity index is 1350. The van der Waals surface area contributed by atoms with Gasteiger partial charge in [0.2, 0.25) is 5.88 Å². The molecule has 0 saturated carbocycles. The number of hydrogen-bond acceptors (Lipinski definition) is 6. The van der Waals surface area contributed by atoms with Crippen LogP contribution >= 0.6 is 0 Å². The van der Waals surface area contributed by atoms with Gasteiger partial charge in [-0.05, 0) is 66.2 Å². The van der Waals surface area contributed by atoms with E-state index in [9.17, 15) is 22.4 Å². The number of nitrogens with one attached hydrogen (secondary N) is 3. The van der Waals surface area contributed by atoms with Gasteiger partial charge in [-0.15, -0.1) is 13.2 Å². The van der Waals surface area contributed by atoms with E-state index in [2.05, 4.69) is 30.7 Å². The number of aromatic nitrogens is 2. The molecule has 1 heterocycles. The average Bonchev–Trinajstić information content (AvgIpc) is 2.86. The fourth-order valence-corrected chi connectivity index (χ4v) is 3.10. The molecule has 0 atom stereocenters. The van der Waals surface area contributed by atoms with Gasteiger partial charge in [0.05, 0.1) is 0 Å². The largest absolute Gasteiger partial charge is 0.573 e. The fraction of sp³-hybridized carbons (Fsp3) is 0.0800. The monoisotopic (exact) mass is 513 g/mol. The number of alkyl halides is 4. The Morgan fingerprint density at radius 2 is 1.49 bits per heavy atom. The van der Waals surface area contributed by atoms with Gasteiger partial charge >= 0.3 is 12.4 Å². The van der Waals surface area contributed by atoms with E-state index in [-0.39, 0.29) is 11.6 Å². The van der Waals surface area contributed by atoms with Gasteiger partial charge in [-0.2, -0.15) is 0 Å². The summed E-state index contributed by atoms with van der Waals surface area (Å²) in [5.41, 5.74) is 1.89. The van der Waals surface area contributed by atoms with Crippen molar-refractivity contribution in [2.24, 2.45) is 0 Å². The van der Waals surface area contributed by atoms with E-state index >= 15 is 0 Å². The second-order valence-corrected chi connectivity index (χ2v) is 7.48. The highest BCUT2D eigenvalue weighted by atomic mass is 19.4. The van der Waals surface area contributed by atoms with Crippen LogP contribution < -0.4 is 25.4 Å². The van der Waals surface area contributed by atoms with Crippen LogP contribution in [-0.2, 0) is 6.67 Å². The second kappa shape index (κ2) is 11.2. The second-order valence-electron chi connectivity index (χ2n) is 7.48. The van der Waals surface area contributed by atoms with Gasteiger partial charge in [0.25, 0.3) is 0 Å². The molecule has 3 aromatic carbocycles. The first kappa shape index (κ1) is 25.2. The Morgan fingerprint density at radius 1 is 0.811 bits per heavy atom. The Balaban J connectivity index is 1.32. The van der Waals surface area contributed by atoms with Crippen LogP contribution in [-0.4, -0.2) is 22.4 Å². The van der Waals surface area contributed by atoms with Crippen molar-refractivity contribution in [3.05, 3.63) is 90.8 Å². The number of urea groups is 1. The van der Waals surface area contributed by atoms with E-state index in [0.717, 1.165) is 0 Å². The highest BCUT2D eigenvalue weighted by molar-refractivity contribution is 5.99. The van der Waals surface area contributed by atoms with Gasteiger partial charge in [0.1, 0.15) is 30.3 Å². The van der Waals surface area contributed by atoms with Crippen LogP contribution in [0.1, 0.15) is 5.56 Å². The molecule has 0 fully saturated rings. The molecule has 2 amide bonds. The highest BCUT2D eigenvalue weighted by Crippen LogP contribution is 2.27. The van der Waals surface area contributed by atoms with Crippen LogP contribution in [0.15, 0.2) is 85.2 Å². The van der Waals surface area contributed by atoms with E-state index < -0.39 is 19.1 Å². The highest BCUT2D eigenvalue weighted by Gasteiger charge is 2.30. The molecule has 0 aliphatic heterocycles. The van der Waals surface area contributed by atoms with Crippen LogP contribution in [0.2, 0.25) is 0 Å². The van der Waals surface area contributed by atoms with Gasteiger partial charge in [-0.1, -0.05) is 12.1 Å². The molecule has 12 heteroatoms. The summed E-state index contributed by atoms with van der Waals surface area (Å²) in [6, 6.07) is 19.1. The molecule has 0 spiro atoms. The van der Waals surface area contributed by atoms with E-state index in [1.165, 1.54) is 36.7 Å². The molecule has 0 aliphatic rings. The molecular formula is C25H19F4N5O3. The predicted octanol–water partition coefficient (Wildman–Crippen LogP) is 7.02. The molecule has 4 rings (SSSR count). The summed E-state index contributed by atoms with van der Waals surface area (Å²) in [6.45, 7) is -0.629. The summed E-state index contributed by atoms with van der Waals surface area (Å²) < 4.78 is 59.2. The number of hydrogen-bond donors (Lipinski definition) is 3. The van der Waals surface area contributed by atoms with Crippen LogP contribution in [0, 0.1) is 0 Å². The molecule has 0 unspecified atom stereocenters. The lowest BCUT2D eigenvalue weighted by atomic mass is 10.2. The summed E-state index contributed by atoms with van der Waals surface area (Å²) in [6.07, 6.45) is -3.50. The molecule has 8 nitrogen and oxygen atoms in total. The van der Waals surface area contributed by atoms with Crippen molar-refractivity contribution in [1.82, 2.24) is 9.97 Å². The van der Waals surface area contributed by atoms with Crippen LogP contribution in [0.4, 0.5) is 45.2 Å². The molecular weight excluding hydrogens is 494 g/mol. The maximum absolute atomic E-state index is 12.8. The minimum Gasteiger partial charge on any atom is -0.439 e. The molecule has 0 bridgehead atoms. The van der Waals surface area contributed by atoms with E-state index in [1.807, 2.05) is 0 Å². The van der Waals surface area contributed by atoms with Crippen molar-refractivity contribution in [2.75, 3.05) is 16.0 Å². The van der Waals surface area contributed by atoms with Crippen molar-refractivity contribution < 1.29 is 31.8 Å². The van der Waals surface area contributed by atoms with Crippen LogP contribution in [0.5, 0.6) is 17.4 Å². The van der Waals surface area contributed by atoms with Crippen LogP contribution in [0.25, 0.3) is 0 Å². The van der Waals surface area contributed by atoms with Gasteiger partial charge in [-0.3, -0.25) is 0 Å². The third-order valence-corrected chi connectivity index (χ3v) is 4.68. The lowest BCUT2D eigenvalue weighted by molar-refractivity contribution is -0.274. The summed E-state index contributed by atoms with van der Waals surface area (Å²) in [7, 11) is 0. The molecule has 0 aliphatic carbocycles. The van der Waals surface area contributed by atoms with Crippen molar-refractivity contribution >= 4 is 28.9 Å². The summed E-state index contributed by atoms with van der Waals surface area (Å²) >= 11 is 0. The van der Waals surface area contributed by atoms with E-state index in [4.69, 9.17) is 4.74 Å². The Morgan fingerprint density at radius 3 is 2.19 bits per heavy atom.